The number of aromatic nitrogens is 2. The van der Waals surface area contributed by atoms with Gasteiger partial charge in [-0.2, -0.15) is 4.31 Å². The van der Waals surface area contributed by atoms with Crippen molar-refractivity contribution in [3.05, 3.63) is 70.5 Å². The third kappa shape index (κ3) is 4.81. The minimum absolute atomic E-state index is 0.121. The highest BCUT2D eigenvalue weighted by molar-refractivity contribution is 7.89. The van der Waals surface area contributed by atoms with E-state index in [1.54, 1.807) is 13.0 Å². The predicted molar refractivity (Wildman–Crippen MR) is 124 cm³/mol. The van der Waals surface area contributed by atoms with Crippen LogP contribution in [0.5, 0.6) is 0 Å². The fourth-order valence-corrected chi connectivity index (χ4v) is 5.98. The zero-order valence-electron chi connectivity index (χ0n) is 17.2. The monoisotopic (exact) mass is 478 g/mol. The van der Waals surface area contributed by atoms with E-state index >= 15 is 0 Å². The Morgan fingerprint density at radius 2 is 1.68 bits per heavy atom. The van der Waals surface area contributed by atoms with Crippen molar-refractivity contribution < 1.29 is 8.42 Å². The lowest BCUT2D eigenvalue weighted by Crippen LogP contribution is -2.49. The number of aryl methyl sites for hydroxylation is 1. The minimum Gasteiger partial charge on any atom is -0.330 e. The molecule has 31 heavy (non-hydrogen) atoms. The summed E-state index contributed by atoms with van der Waals surface area (Å²) in [6, 6.07) is 13.1. The van der Waals surface area contributed by atoms with Crippen LogP contribution in [0.1, 0.15) is 5.56 Å². The molecular weight excluding hydrogens is 455 g/mol. The van der Waals surface area contributed by atoms with Crippen LogP contribution in [0.15, 0.2) is 59.8 Å². The highest BCUT2D eigenvalue weighted by atomic mass is 35.5. The lowest BCUT2D eigenvalue weighted by Gasteiger charge is -2.34. The van der Waals surface area contributed by atoms with E-state index in [1.165, 1.54) is 10.4 Å². The lowest BCUT2D eigenvalue weighted by molar-refractivity contribution is 0.183. The Morgan fingerprint density at radius 1 is 0.968 bits per heavy atom. The van der Waals surface area contributed by atoms with Crippen LogP contribution in [0.4, 0.5) is 0 Å². The van der Waals surface area contributed by atoms with Gasteiger partial charge >= 0.3 is 0 Å². The molecule has 0 amide bonds. The first kappa shape index (κ1) is 22.3. The third-order valence-corrected chi connectivity index (χ3v) is 8.34. The molecule has 1 fully saturated rings. The summed E-state index contributed by atoms with van der Waals surface area (Å²) in [4.78, 5) is 6.88. The maximum Gasteiger partial charge on any atom is 0.244 e. The van der Waals surface area contributed by atoms with Gasteiger partial charge < -0.3 is 4.57 Å². The first-order valence-electron chi connectivity index (χ1n) is 10.1. The summed E-state index contributed by atoms with van der Waals surface area (Å²) in [5.41, 5.74) is 1.77. The van der Waals surface area contributed by atoms with Gasteiger partial charge in [-0.15, -0.1) is 0 Å². The van der Waals surface area contributed by atoms with Gasteiger partial charge in [-0.3, -0.25) is 4.90 Å². The number of hydrogen-bond acceptors (Lipinski definition) is 4. The van der Waals surface area contributed by atoms with Crippen LogP contribution in [0, 0.1) is 6.92 Å². The Balaban J connectivity index is 1.38. The zero-order valence-corrected chi connectivity index (χ0v) is 19.5. The van der Waals surface area contributed by atoms with Crippen molar-refractivity contribution in [1.82, 2.24) is 18.8 Å². The normalized spacial score (nSPS) is 16.0. The number of rotatable bonds is 6. The molecule has 1 aliphatic heterocycles. The standard InChI is InChI=1S/C22H24Cl2N4O2S/c1-17-15-21(20(24)16-19(17)23)31(29,30)28-13-10-26(11-14-28)9-12-27-8-7-25-22(27)18-5-3-2-4-6-18/h2-8,15-16H,9-14H2,1H3. The van der Waals surface area contributed by atoms with Crippen molar-refractivity contribution >= 4 is 33.2 Å². The number of hydrogen-bond donors (Lipinski definition) is 0. The largest absolute Gasteiger partial charge is 0.330 e. The van der Waals surface area contributed by atoms with Crippen molar-refractivity contribution in [3.8, 4) is 11.4 Å². The molecule has 1 aliphatic rings. The molecule has 164 valence electrons. The van der Waals surface area contributed by atoms with Crippen molar-refractivity contribution in [1.29, 1.82) is 0 Å². The summed E-state index contributed by atoms with van der Waals surface area (Å²) >= 11 is 12.3. The molecule has 9 heteroatoms. The van der Waals surface area contributed by atoms with E-state index in [-0.39, 0.29) is 9.92 Å². The van der Waals surface area contributed by atoms with Crippen LogP contribution >= 0.6 is 23.2 Å². The number of piperazine rings is 1. The van der Waals surface area contributed by atoms with E-state index in [4.69, 9.17) is 23.2 Å². The van der Waals surface area contributed by atoms with Gasteiger partial charge in [-0.05, 0) is 24.6 Å². The minimum atomic E-state index is -3.66. The highest BCUT2D eigenvalue weighted by Gasteiger charge is 2.30. The summed E-state index contributed by atoms with van der Waals surface area (Å²) in [7, 11) is -3.66. The molecule has 0 spiro atoms. The van der Waals surface area contributed by atoms with E-state index in [2.05, 4.69) is 14.5 Å². The second-order valence-corrected chi connectivity index (χ2v) is 10.3. The van der Waals surface area contributed by atoms with Gasteiger partial charge in [0.15, 0.2) is 0 Å². The van der Waals surface area contributed by atoms with Gasteiger partial charge in [0.2, 0.25) is 10.0 Å². The molecule has 4 rings (SSSR count). The van der Waals surface area contributed by atoms with E-state index in [0.717, 1.165) is 24.5 Å². The molecule has 1 saturated heterocycles. The smallest absolute Gasteiger partial charge is 0.244 e. The molecule has 3 aromatic rings. The van der Waals surface area contributed by atoms with Crippen molar-refractivity contribution in [2.45, 2.75) is 18.4 Å². The number of sulfonamides is 1. The van der Waals surface area contributed by atoms with E-state index in [9.17, 15) is 8.42 Å². The van der Waals surface area contributed by atoms with Crippen molar-refractivity contribution in [2.24, 2.45) is 0 Å². The Bertz CT molecular complexity index is 1160. The number of imidazole rings is 1. The molecule has 0 unspecified atom stereocenters. The maximum absolute atomic E-state index is 13.1. The summed E-state index contributed by atoms with van der Waals surface area (Å²) in [5.74, 6) is 0.939. The average Bonchev–Trinajstić information content (AvgIpc) is 3.24. The van der Waals surface area contributed by atoms with Crippen LogP contribution in [0.2, 0.25) is 10.0 Å². The average molecular weight is 479 g/mol. The molecule has 1 aromatic heterocycles. The number of halogens is 2. The molecular formula is C22H24Cl2N4O2S. The van der Waals surface area contributed by atoms with Gasteiger partial charge in [-0.25, -0.2) is 13.4 Å². The van der Waals surface area contributed by atoms with Crippen molar-refractivity contribution in [2.75, 3.05) is 32.7 Å². The molecule has 0 saturated carbocycles. The fraction of sp³-hybridized carbons (Fsp3) is 0.318. The van der Waals surface area contributed by atoms with E-state index in [1.807, 2.05) is 42.7 Å². The van der Waals surface area contributed by atoms with Gasteiger partial charge in [0.1, 0.15) is 10.7 Å². The van der Waals surface area contributed by atoms with Gasteiger partial charge in [0.25, 0.3) is 0 Å². The van der Waals surface area contributed by atoms with Gasteiger partial charge in [0, 0.05) is 62.2 Å². The highest BCUT2D eigenvalue weighted by Crippen LogP contribution is 2.30. The topological polar surface area (TPSA) is 58.4 Å². The van der Waals surface area contributed by atoms with Gasteiger partial charge in [0.05, 0.1) is 5.02 Å². The molecule has 2 aromatic carbocycles. The Hall–Kier alpha value is -1.90. The van der Waals surface area contributed by atoms with E-state index < -0.39 is 10.0 Å². The van der Waals surface area contributed by atoms with Gasteiger partial charge in [-0.1, -0.05) is 53.5 Å². The summed E-state index contributed by atoms with van der Waals surface area (Å²) in [6.07, 6.45) is 3.79. The Kier molecular flexibility index (Phi) is 6.69. The zero-order chi connectivity index (χ0) is 22.0. The van der Waals surface area contributed by atoms with Crippen LogP contribution in [0.3, 0.4) is 0 Å². The molecule has 6 nitrogen and oxygen atoms in total. The summed E-state index contributed by atoms with van der Waals surface area (Å²) < 4.78 is 29.8. The molecule has 0 aliphatic carbocycles. The summed E-state index contributed by atoms with van der Waals surface area (Å²) in [6.45, 7) is 5.57. The molecule has 0 atom stereocenters. The lowest BCUT2D eigenvalue weighted by atomic mass is 10.2. The van der Waals surface area contributed by atoms with Crippen LogP contribution in [-0.4, -0.2) is 59.9 Å². The number of benzene rings is 2. The predicted octanol–water partition coefficient (Wildman–Crippen LogP) is 4.17. The number of nitrogens with zero attached hydrogens (tertiary/aromatic N) is 4. The summed E-state index contributed by atoms with van der Waals surface area (Å²) in [5, 5.41) is 0.620. The van der Waals surface area contributed by atoms with Crippen LogP contribution in [-0.2, 0) is 16.6 Å². The molecule has 0 N–H and O–H groups in total. The van der Waals surface area contributed by atoms with Crippen molar-refractivity contribution in [3.63, 3.8) is 0 Å². The molecule has 0 radical (unpaired) electrons. The maximum atomic E-state index is 13.1. The second-order valence-electron chi connectivity index (χ2n) is 7.59. The van der Waals surface area contributed by atoms with Crippen LogP contribution in [0.25, 0.3) is 11.4 Å². The Labute approximate surface area is 193 Å². The van der Waals surface area contributed by atoms with Crippen LogP contribution < -0.4 is 0 Å². The fourth-order valence-electron chi connectivity index (χ4n) is 3.75. The SMILES string of the molecule is Cc1cc(S(=O)(=O)N2CCN(CCn3ccnc3-c3ccccc3)CC2)c(Cl)cc1Cl. The first-order valence-corrected chi connectivity index (χ1v) is 12.3. The quantitative estimate of drug-likeness (QED) is 0.533. The van der Waals surface area contributed by atoms with E-state index in [0.29, 0.717) is 36.8 Å². The third-order valence-electron chi connectivity index (χ3n) is 5.57. The Morgan fingerprint density at radius 3 is 2.39 bits per heavy atom. The molecule has 2 heterocycles. The molecule has 0 bridgehead atoms. The second kappa shape index (κ2) is 9.30. The first-order chi connectivity index (χ1) is 14.9.